The van der Waals surface area contributed by atoms with Gasteiger partial charge >= 0.3 is 6.03 Å². The molecule has 0 unspecified atom stereocenters. The summed E-state index contributed by atoms with van der Waals surface area (Å²) in [4.78, 5) is 27.5. The summed E-state index contributed by atoms with van der Waals surface area (Å²) in [6.07, 6.45) is 4.34. The number of hydrogen-bond donors (Lipinski definition) is 3. The largest absolute Gasteiger partial charge is 0.494 e. The maximum Gasteiger partial charge on any atom is 0.323 e. The Labute approximate surface area is 184 Å². The van der Waals surface area contributed by atoms with Crippen molar-refractivity contribution in [1.29, 1.82) is 0 Å². The van der Waals surface area contributed by atoms with Crippen molar-refractivity contribution < 1.29 is 14.3 Å². The van der Waals surface area contributed by atoms with Crippen molar-refractivity contribution in [3.05, 3.63) is 48.0 Å². The molecule has 0 bridgehead atoms. The molecule has 0 spiro atoms. The van der Waals surface area contributed by atoms with Crippen LogP contribution in [0.5, 0.6) is 5.75 Å². The standard InChI is InChI=1S/C24H32N4O3/c1-3-14-25-23(29)21-17-19(10-13-22(21)28-15-6-5-7-16-28)27-24(30)26-18-8-11-20(12-9-18)31-4-2/h8-13,17H,3-7,14-16H2,1-2H3,(H,25,29)(H2,26,27,30). The molecule has 1 fully saturated rings. The molecule has 2 aromatic rings. The number of amides is 3. The third-order valence-electron chi connectivity index (χ3n) is 5.15. The van der Waals surface area contributed by atoms with Crippen molar-refractivity contribution in [2.24, 2.45) is 0 Å². The zero-order chi connectivity index (χ0) is 22.1. The third kappa shape index (κ3) is 6.38. The van der Waals surface area contributed by atoms with E-state index < -0.39 is 0 Å². The topological polar surface area (TPSA) is 82.7 Å². The lowest BCUT2D eigenvalue weighted by atomic mass is 10.1. The van der Waals surface area contributed by atoms with Gasteiger partial charge in [0.2, 0.25) is 0 Å². The van der Waals surface area contributed by atoms with Gasteiger partial charge in [0.05, 0.1) is 12.2 Å². The lowest BCUT2D eigenvalue weighted by Gasteiger charge is -2.30. The second-order valence-electron chi connectivity index (χ2n) is 7.57. The van der Waals surface area contributed by atoms with Crippen LogP contribution in [0, 0.1) is 0 Å². The summed E-state index contributed by atoms with van der Waals surface area (Å²) in [5, 5.41) is 8.59. The molecule has 3 amide bonds. The summed E-state index contributed by atoms with van der Waals surface area (Å²) in [7, 11) is 0. The van der Waals surface area contributed by atoms with Gasteiger partial charge in [-0.05, 0) is 75.1 Å². The highest BCUT2D eigenvalue weighted by Gasteiger charge is 2.19. The van der Waals surface area contributed by atoms with Crippen LogP contribution >= 0.6 is 0 Å². The maximum absolute atomic E-state index is 12.8. The molecule has 1 saturated heterocycles. The molecule has 0 radical (unpaired) electrons. The summed E-state index contributed by atoms with van der Waals surface area (Å²) in [6.45, 7) is 7.04. The van der Waals surface area contributed by atoms with E-state index in [2.05, 4.69) is 20.9 Å². The van der Waals surface area contributed by atoms with Gasteiger partial charge in [-0.15, -0.1) is 0 Å². The molecule has 0 atom stereocenters. The molecule has 7 heteroatoms. The normalized spacial score (nSPS) is 13.4. The maximum atomic E-state index is 12.8. The quantitative estimate of drug-likeness (QED) is 0.565. The van der Waals surface area contributed by atoms with Crippen molar-refractivity contribution in [2.45, 2.75) is 39.5 Å². The fraction of sp³-hybridized carbons (Fsp3) is 0.417. The van der Waals surface area contributed by atoms with Crippen LogP contribution in [0.1, 0.15) is 49.9 Å². The van der Waals surface area contributed by atoms with Gasteiger partial charge in [0, 0.05) is 36.7 Å². The van der Waals surface area contributed by atoms with Crippen LogP contribution in [0.15, 0.2) is 42.5 Å². The molecule has 31 heavy (non-hydrogen) atoms. The van der Waals surface area contributed by atoms with E-state index in [1.54, 1.807) is 18.2 Å². The second kappa shape index (κ2) is 11.2. The highest BCUT2D eigenvalue weighted by Crippen LogP contribution is 2.27. The Bertz CT molecular complexity index is 877. The van der Waals surface area contributed by atoms with E-state index in [1.165, 1.54) is 6.42 Å². The summed E-state index contributed by atoms with van der Waals surface area (Å²) in [5.41, 5.74) is 2.75. The van der Waals surface area contributed by atoms with E-state index in [9.17, 15) is 9.59 Å². The fourth-order valence-electron chi connectivity index (χ4n) is 3.63. The van der Waals surface area contributed by atoms with Crippen molar-refractivity contribution >= 4 is 29.0 Å². The average molecular weight is 425 g/mol. The molecule has 7 nitrogen and oxygen atoms in total. The number of ether oxygens (including phenoxy) is 1. The minimum absolute atomic E-state index is 0.113. The van der Waals surface area contributed by atoms with Crippen LogP contribution in [-0.4, -0.2) is 38.2 Å². The third-order valence-corrected chi connectivity index (χ3v) is 5.15. The molecular formula is C24H32N4O3. The van der Waals surface area contributed by atoms with Crippen LogP contribution in [0.25, 0.3) is 0 Å². The van der Waals surface area contributed by atoms with Gasteiger partial charge in [0.1, 0.15) is 5.75 Å². The van der Waals surface area contributed by atoms with E-state index in [0.29, 0.717) is 30.1 Å². The molecule has 0 saturated carbocycles. The van der Waals surface area contributed by atoms with Crippen molar-refractivity contribution in [1.82, 2.24) is 5.32 Å². The number of rotatable bonds is 8. The minimum Gasteiger partial charge on any atom is -0.494 e. The van der Waals surface area contributed by atoms with Crippen LogP contribution in [-0.2, 0) is 0 Å². The van der Waals surface area contributed by atoms with Crippen LogP contribution in [0.2, 0.25) is 0 Å². The molecule has 3 N–H and O–H groups in total. The number of carbonyl (C=O) groups is 2. The zero-order valence-electron chi connectivity index (χ0n) is 18.4. The summed E-state index contributed by atoms with van der Waals surface area (Å²) < 4.78 is 5.42. The first-order valence-corrected chi connectivity index (χ1v) is 11.1. The SMILES string of the molecule is CCCNC(=O)c1cc(NC(=O)Nc2ccc(OCC)cc2)ccc1N1CCCCC1. The van der Waals surface area contributed by atoms with Gasteiger partial charge in [-0.2, -0.15) is 0 Å². The number of anilines is 3. The van der Waals surface area contributed by atoms with Crippen LogP contribution < -0.4 is 25.6 Å². The first-order chi connectivity index (χ1) is 15.1. The van der Waals surface area contributed by atoms with Crippen LogP contribution in [0.4, 0.5) is 21.9 Å². The van der Waals surface area contributed by atoms with Crippen molar-refractivity contribution in [3.63, 3.8) is 0 Å². The Balaban J connectivity index is 1.72. The van der Waals surface area contributed by atoms with Crippen molar-refractivity contribution in [2.75, 3.05) is 41.8 Å². The number of nitrogens with zero attached hydrogens (tertiary/aromatic N) is 1. The Morgan fingerprint density at radius 2 is 1.61 bits per heavy atom. The zero-order valence-corrected chi connectivity index (χ0v) is 18.4. The first-order valence-electron chi connectivity index (χ1n) is 11.1. The first kappa shape index (κ1) is 22.5. The molecule has 3 rings (SSSR count). The van der Waals surface area contributed by atoms with E-state index in [-0.39, 0.29) is 11.9 Å². The van der Waals surface area contributed by atoms with E-state index in [0.717, 1.165) is 43.8 Å². The number of hydrogen-bond acceptors (Lipinski definition) is 4. The Kier molecular flexibility index (Phi) is 8.15. The fourth-order valence-corrected chi connectivity index (χ4v) is 3.63. The van der Waals surface area contributed by atoms with Gasteiger partial charge in [-0.25, -0.2) is 4.79 Å². The Morgan fingerprint density at radius 1 is 0.935 bits per heavy atom. The predicted molar refractivity (Wildman–Crippen MR) is 125 cm³/mol. The number of carbonyl (C=O) groups excluding carboxylic acids is 2. The number of urea groups is 1. The monoisotopic (exact) mass is 424 g/mol. The van der Waals surface area contributed by atoms with Gasteiger partial charge in [-0.3, -0.25) is 4.79 Å². The molecular weight excluding hydrogens is 392 g/mol. The Hall–Kier alpha value is -3.22. The molecule has 1 heterocycles. The van der Waals surface area contributed by atoms with E-state index >= 15 is 0 Å². The minimum atomic E-state index is -0.366. The second-order valence-corrected chi connectivity index (χ2v) is 7.57. The number of benzene rings is 2. The summed E-state index contributed by atoms with van der Waals surface area (Å²) in [5.74, 6) is 0.641. The summed E-state index contributed by atoms with van der Waals surface area (Å²) >= 11 is 0. The van der Waals surface area contributed by atoms with Crippen molar-refractivity contribution in [3.8, 4) is 5.75 Å². The highest BCUT2D eigenvalue weighted by molar-refractivity contribution is 6.04. The number of nitrogens with one attached hydrogen (secondary N) is 3. The predicted octanol–water partition coefficient (Wildman–Crippen LogP) is 4.86. The van der Waals surface area contributed by atoms with E-state index in [1.807, 2.05) is 38.1 Å². The molecule has 2 aromatic carbocycles. The Morgan fingerprint density at radius 3 is 2.29 bits per heavy atom. The lowest BCUT2D eigenvalue weighted by molar-refractivity contribution is 0.0954. The van der Waals surface area contributed by atoms with Gasteiger partial charge in [-0.1, -0.05) is 6.92 Å². The summed E-state index contributed by atoms with van der Waals surface area (Å²) in [6, 6.07) is 12.4. The molecule has 166 valence electrons. The number of piperidine rings is 1. The highest BCUT2D eigenvalue weighted by atomic mass is 16.5. The molecule has 1 aliphatic rings. The molecule has 0 aliphatic carbocycles. The van der Waals surface area contributed by atoms with Crippen LogP contribution in [0.3, 0.4) is 0 Å². The van der Waals surface area contributed by atoms with E-state index in [4.69, 9.17) is 4.74 Å². The lowest BCUT2D eigenvalue weighted by Crippen LogP contribution is -2.33. The van der Waals surface area contributed by atoms with Gasteiger partial charge < -0.3 is 25.6 Å². The molecule has 0 aromatic heterocycles. The van der Waals surface area contributed by atoms with Gasteiger partial charge in [0.25, 0.3) is 5.91 Å². The molecule has 1 aliphatic heterocycles. The smallest absolute Gasteiger partial charge is 0.323 e. The van der Waals surface area contributed by atoms with Gasteiger partial charge in [0.15, 0.2) is 0 Å². The average Bonchev–Trinajstić information content (AvgIpc) is 2.79.